The molecular formula is C12H14F2N2O3. The summed E-state index contributed by atoms with van der Waals surface area (Å²) in [6, 6.07) is 2.05. The molecule has 1 aromatic carbocycles. The lowest BCUT2D eigenvalue weighted by atomic mass is 10.1. The van der Waals surface area contributed by atoms with Gasteiger partial charge in [-0.3, -0.25) is 0 Å². The highest BCUT2D eigenvalue weighted by Crippen LogP contribution is 2.22. The van der Waals surface area contributed by atoms with Gasteiger partial charge in [0.05, 0.1) is 23.4 Å². The van der Waals surface area contributed by atoms with Crippen molar-refractivity contribution in [2.45, 2.75) is 12.1 Å². The number of rotatable bonds is 4. The number of carboxylic acid groups (broad SMARTS) is 1. The van der Waals surface area contributed by atoms with Crippen LogP contribution in [0.25, 0.3) is 0 Å². The van der Waals surface area contributed by atoms with E-state index in [1.54, 1.807) is 0 Å². The Labute approximate surface area is 108 Å². The monoisotopic (exact) mass is 272 g/mol. The molecule has 0 amide bonds. The Hall–Kier alpha value is -1.73. The van der Waals surface area contributed by atoms with E-state index in [9.17, 15) is 13.6 Å². The summed E-state index contributed by atoms with van der Waals surface area (Å²) in [7, 11) is 1.54. The van der Waals surface area contributed by atoms with Crippen molar-refractivity contribution in [3.05, 3.63) is 29.3 Å². The predicted molar refractivity (Wildman–Crippen MR) is 64.4 cm³/mol. The van der Waals surface area contributed by atoms with Crippen molar-refractivity contribution in [3.8, 4) is 0 Å². The van der Waals surface area contributed by atoms with Crippen molar-refractivity contribution in [2.24, 2.45) is 0 Å². The van der Waals surface area contributed by atoms with Gasteiger partial charge in [0.1, 0.15) is 0 Å². The third-order valence-corrected chi connectivity index (χ3v) is 3.11. The lowest BCUT2D eigenvalue weighted by molar-refractivity contribution is 0.0690. The van der Waals surface area contributed by atoms with E-state index in [0.717, 1.165) is 6.07 Å². The van der Waals surface area contributed by atoms with Crippen LogP contribution in [-0.4, -0.2) is 43.4 Å². The summed E-state index contributed by atoms with van der Waals surface area (Å²) in [5.41, 5.74) is -0.755. The molecule has 1 saturated heterocycles. The first-order valence-electron chi connectivity index (χ1n) is 5.76. The van der Waals surface area contributed by atoms with Gasteiger partial charge in [0.25, 0.3) is 0 Å². The van der Waals surface area contributed by atoms with Gasteiger partial charge in [0.15, 0.2) is 11.6 Å². The van der Waals surface area contributed by atoms with Crippen molar-refractivity contribution in [3.63, 3.8) is 0 Å². The molecule has 0 spiro atoms. The second-order valence-corrected chi connectivity index (χ2v) is 4.28. The highest BCUT2D eigenvalue weighted by Gasteiger charge is 2.28. The molecule has 19 heavy (non-hydrogen) atoms. The first-order valence-corrected chi connectivity index (χ1v) is 5.76. The van der Waals surface area contributed by atoms with Crippen LogP contribution in [0, 0.1) is 11.6 Å². The fourth-order valence-electron chi connectivity index (χ4n) is 2.07. The van der Waals surface area contributed by atoms with Gasteiger partial charge in [-0.2, -0.15) is 0 Å². The Bertz CT molecular complexity index is 496. The molecule has 0 saturated carbocycles. The predicted octanol–water partition coefficient (Wildman–Crippen LogP) is 1.06. The Morgan fingerprint density at radius 3 is 2.79 bits per heavy atom. The Kier molecular flexibility index (Phi) is 3.96. The minimum atomic E-state index is -1.50. The normalized spacial score (nSPS) is 22.5. The molecule has 0 aliphatic carbocycles. The summed E-state index contributed by atoms with van der Waals surface area (Å²) in [4.78, 5) is 10.7. The number of hydrogen-bond acceptors (Lipinski definition) is 4. The zero-order valence-corrected chi connectivity index (χ0v) is 10.2. The largest absolute Gasteiger partial charge is 0.478 e. The minimum Gasteiger partial charge on any atom is -0.478 e. The van der Waals surface area contributed by atoms with Gasteiger partial charge in [-0.25, -0.2) is 13.6 Å². The molecule has 1 unspecified atom stereocenters. The van der Waals surface area contributed by atoms with Gasteiger partial charge >= 0.3 is 5.97 Å². The fourth-order valence-corrected chi connectivity index (χ4v) is 2.07. The van der Waals surface area contributed by atoms with Crippen LogP contribution < -0.4 is 10.6 Å². The van der Waals surface area contributed by atoms with Gasteiger partial charge in [0.2, 0.25) is 0 Å². The number of halogens is 2. The SMILES string of the molecule is CO[C@H]1CNCC1Nc1ccc(C(=O)O)c(F)c1F. The van der Waals surface area contributed by atoms with Crippen LogP contribution in [0.15, 0.2) is 12.1 Å². The topological polar surface area (TPSA) is 70.6 Å². The highest BCUT2D eigenvalue weighted by molar-refractivity contribution is 5.88. The van der Waals surface area contributed by atoms with E-state index in [-0.39, 0.29) is 17.8 Å². The summed E-state index contributed by atoms with van der Waals surface area (Å²) in [6.45, 7) is 1.17. The third-order valence-electron chi connectivity index (χ3n) is 3.11. The first-order chi connectivity index (χ1) is 9.04. The van der Waals surface area contributed by atoms with Crippen LogP contribution in [-0.2, 0) is 4.74 Å². The number of hydrogen-bond donors (Lipinski definition) is 3. The molecule has 7 heteroatoms. The van der Waals surface area contributed by atoms with E-state index in [1.807, 2.05) is 0 Å². The zero-order valence-electron chi connectivity index (χ0n) is 10.2. The van der Waals surface area contributed by atoms with E-state index < -0.39 is 23.2 Å². The van der Waals surface area contributed by atoms with Crippen LogP contribution in [0.1, 0.15) is 10.4 Å². The molecule has 1 aliphatic rings. The standard InChI is InChI=1S/C12H14F2N2O3/c1-19-9-5-15-4-8(9)16-7-3-2-6(12(17)18)10(13)11(7)14/h2-3,8-9,15-16H,4-5H2,1H3,(H,17,18)/t8?,9-/m0/s1. The summed E-state index contributed by atoms with van der Waals surface area (Å²) in [5.74, 6) is -4.06. The first kappa shape index (κ1) is 13.7. The van der Waals surface area contributed by atoms with Crippen LogP contribution in [0.4, 0.5) is 14.5 Å². The number of anilines is 1. The molecule has 2 rings (SSSR count). The van der Waals surface area contributed by atoms with Gasteiger partial charge in [-0.05, 0) is 12.1 Å². The second kappa shape index (κ2) is 5.50. The summed E-state index contributed by atoms with van der Waals surface area (Å²) < 4.78 is 32.5. The van der Waals surface area contributed by atoms with Gasteiger partial charge in [-0.1, -0.05) is 0 Å². The second-order valence-electron chi connectivity index (χ2n) is 4.28. The highest BCUT2D eigenvalue weighted by atomic mass is 19.2. The van der Waals surface area contributed by atoms with E-state index in [0.29, 0.717) is 13.1 Å². The van der Waals surface area contributed by atoms with Gasteiger partial charge < -0.3 is 20.5 Å². The number of nitrogens with one attached hydrogen (secondary N) is 2. The average molecular weight is 272 g/mol. The zero-order chi connectivity index (χ0) is 14.0. The van der Waals surface area contributed by atoms with Crippen molar-refractivity contribution in [1.29, 1.82) is 0 Å². The maximum absolute atomic E-state index is 13.7. The Morgan fingerprint density at radius 2 is 2.16 bits per heavy atom. The molecule has 5 nitrogen and oxygen atoms in total. The van der Waals surface area contributed by atoms with Crippen LogP contribution in [0.3, 0.4) is 0 Å². The third kappa shape index (κ3) is 2.66. The summed E-state index contributed by atoms with van der Waals surface area (Å²) in [6.07, 6.45) is -0.151. The lowest BCUT2D eigenvalue weighted by Gasteiger charge is -2.20. The molecule has 3 N–H and O–H groups in total. The van der Waals surface area contributed by atoms with Crippen LogP contribution in [0.5, 0.6) is 0 Å². The smallest absolute Gasteiger partial charge is 0.338 e. The number of methoxy groups -OCH3 is 1. The molecule has 0 radical (unpaired) electrons. The van der Waals surface area contributed by atoms with E-state index >= 15 is 0 Å². The quantitative estimate of drug-likeness (QED) is 0.764. The number of benzene rings is 1. The molecule has 2 atom stereocenters. The number of carboxylic acids is 1. The maximum Gasteiger partial charge on any atom is 0.338 e. The van der Waals surface area contributed by atoms with Crippen LogP contribution in [0.2, 0.25) is 0 Å². The Balaban J connectivity index is 2.22. The van der Waals surface area contributed by atoms with Crippen LogP contribution >= 0.6 is 0 Å². The van der Waals surface area contributed by atoms with E-state index in [1.165, 1.54) is 13.2 Å². The van der Waals surface area contributed by atoms with Crippen molar-refractivity contribution in [1.82, 2.24) is 5.32 Å². The molecule has 1 fully saturated rings. The number of ether oxygens (including phenoxy) is 1. The Morgan fingerprint density at radius 1 is 1.42 bits per heavy atom. The molecular weight excluding hydrogens is 258 g/mol. The number of carbonyl (C=O) groups is 1. The fraction of sp³-hybridized carbons (Fsp3) is 0.417. The summed E-state index contributed by atoms with van der Waals surface area (Å²) in [5, 5.41) is 14.6. The molecule has 104 valence electrons. The molecule has 1 aromatic rings. The molecule has 1 heterocycles. The van der Waals surface area contributed by atoms with Crippen molar-refractivity contribution >= 4 is 11.7 Å². The maximum atomic E-state index is 13.7. The van der Waals surface area contributed by atoms with Crippen molar-refractivity contribution in [2.75, 3.05) is 25.5 Å². The van der Waals surface area contributed by atoms with E-state index in [2.05, 4.69) is 10.6 Å². The molecule has 0 aromatic heterocycles. The number of aromatic carboxylic acids is 1. The molecule has 1 aliphatic heterocycles. The van der Waals surface area contributed by atoms with Crippen molar-refractivity contribution < 1.29 is 23.4 Å². The lowest BCUT2D eigenvalue weighted by Crippen LogP contribution is -2.34. The average Bonchev–Trinajstić information content (AvgIpc) is 2.82. The van der Waals surface area contributed by atoms with Gasteiger partial charge in [0, 0.05) is 20.2 Å². The van der Waals surface area contributed by atoms with Gasteiger partial charge in [-0.15, -0.1) is 0 Å². The molecule has 0 bridgehead atoms. The summed E-state index contributed by atoms with van der Waals surface area (Å²) >= 11 is 0. The minimum absolute atomic E-state index is 0.0711. The van der Waals surface area contributed by atoms with E-state index in [4.69, 9.17) is 9.84 Å².